The van der Waals surface area contributed by atoms with Gasteiger partial charge in [-0.15, -0.1) is 0 Å². The number of aryl methyl sites for hydroxylation is 1. The van der Waals surface area contributed by atoms with Crippen LogP contribution < -0.4 is 0 Å². The van der Waals surface area contributed by atoms with Crippen LogP contribution in [-0.2, 0) is 14.3 Å². The maximum absolute atomic E-state index is 13.1. The van der Waals surface area contributed by atoms with Crippen LogP contribution >= 0.6 is 0 Å². The van der Waals surface area contributed by atoms with Crippen molar-refractivity contribution in [1.82, 2.24) is 9.88 Å². The summed E-state index contributed by atoms with van der Waals surface area (Å²) < 4.78 is 11.5. The van der Waals surface area contributed by atoms with Gasteiger partial charge in [-0.25, -0.2) is 0 Å². The van der Waals surface area contributed by atoms with Crippen LogP contribution in [0.2, 0.25) is 0 Å². The predicted octanol–water partition coefficient (Wildman–Crippen LogP) is 3.67. The summed E-state index contributed by atoms with van der Waals surface area (Å²) in [5.74, 6) is -0.452. The monoisotopic (exact) mass is 406 g/mol. The highest BCUT2D eigenvalue weighted by molar-refractivity contribution is 6.46. The largest absolute Gasteiger partial charge is 0.507 e. The van der Waals surface area contributed by atoms with E-state index < -0.39 is 17.7 Å². The van der Waals surface area contributed by atoms with Crippen molar-refractivity contribution in [2.45, 2.75) is 31.9 Å². The molecule has 2 aliphatic heterocycles. The van der Waals surface area contributed by atoms with Gasteiger partial charge in [0.25, 0.3) is 11.7 Å². The number of H-pyrrole nitrogens is 1. The second-order valence-electron chi connectivity index (χ2n) is 7.78. The van der Waals surface area contributed by atoms with Crippen molar-refractivity contribution in [2.24, 2.45) is 0 Å². The molecule has 2 aliphatic rings. The number of hydrogen-bond donors (Lipinski definition) is 2. The first-order chi connectivity index (χ1) is 14.5. The number of ether oxygens (including phenoxy) is 1. The molecule has 1 aromatic carbocycles. The van der Waals surface area contributed by atoms with Crippen LogP contribution in [0.25, 0.3) is 16.7 Å². The van der Waals surface area contributed by atoms with E-state index in [4.69, 9.17) is 9.15 Å². The van der Waals surface area contributed by atoms with Crippen molar-refractivity contribution in [3.8, 4) is 0 Å². The highest BCUT2D eigenvalue weighted by Gasteiger charge is 2.48. The summed E-state index contributed by atoms with van der Waals surface area (Å²) in [4.78, 5) is 30.6. The van der Waals surface area contributed by atoms with Gasteiger partial charge in [-0.05, 0) is 38.0 Å². The van der Waals surface area contributed by atoms with Crippen LogP contribution in [0.1, 0.15) is 36.0 Å². The zero-order chi connectivity index (χ0) is 20.8. The highest BCUT2D eigenvalue weighted by Crippen LogP contribution is 2.41. The van der Waals surface area contributed by atoms with Gasteiger partial charge in [-0.2, -0.15) is 0 Å². The average molecular weight is 406 g/mol. The number of ketones is 1. The molecule has 2 atom stereocenters. The second-order valence-corrected chi connectivity index (χ2v) is 7.78. The molecular weight excluding hydrogens is 384 g/mol. The maximum Gasteiger partial charge on any atom is 0.295 e. The molecular formula is C23H22N2O5. The number of nitrogens with zero attached hydrogens (tertiary/aromatic N) is 1. The molecule has 2 fully saturated rings. The van der Waals surface area contributed by atoms with E-state index in [0.29, 0.717) is 23.7 Å². The zero-order valence-corrected chi connectivity index (χ0v) is 16.6. The Morgan fingerprint density at radius 2 is 2.07 bits per heavy atom. The number of hydrogen-bond acceptors (Lipinski definition) is 5. The smallest absolute Gasteiger partial charge is 0.295 e. The Morgan fingerprint density at radius 3 is 2.80 bits per heavy atom. The molecule has 0 saturated carbocycles. The Labute approximate surface area is 172 Å². The van der Waals surface area contributed by atoms with Gasteiger partial charge in [0.1, 0.15) is 23.3 Å². The molecule has 2 N–H and O–H groups in total. The van der Waals surface area contributed by atoms with Crippen molar-refractivity contribution < 1.29 is 23.8 Å². The molecule has 7 nitrogen and oxygen atoms in total. The molecule has 3 aromatic rings. The fraction of sp³-hybridized carbons (Fsp3) is 0.304. The lowest BCUT2D eigenvalue weighted by atomic mass is 9.99. The van der Waals surface area contributed by atoms with E-state index in [1.54, 1.807) is 25.3 Å². The van der Waals surface area contributed by atoms with Gasteiger partial charge in [-0.1, -0.05) is 18.2 Å². The number of aliphatic hydroxyl groups excluding tert-OH is 1. The number of nitrogens with one attached hydrogen (secondary N) is 1. The van der Waals surface area contributed by atoms with Gasteiger partial charge in [0.15, 0.2) is 0 Å². The van der Waals surface area contributed by atoms with E-state index in [0.717, 1.165) is 23.7 Å². The Morgan fingerprint density at radius 1 is 1.23 bits per heavy atom. The third-order valence-electron chi connectivity index (χ3n) is 5.84. The maximum atomic E-state index is 13.1. The quantitative estimate of drug-likeness (QED) is 0.392. The number of aromatic amines is 1. The number of carbonyl (C=O) groups excluding carboxylic acids is 2. The van der Waals surface area contributed by atoms with E-state index in [1.807, 2.05) is 24.3 Å². The number of aromatic nitrogens is 1. The van der Waals surface area contributed by atoms with Crippen molar-refractivity contribution in [3.63, 3.8) is 0 Å². The van der Waals surface area contributed by atoms with Gasteiger partial charge in [0.2, 0.25) is 0 Å². The van der Waals surface area contributed by atoms with Gasteiger partial charge in [-0.3, -0.25) is 9.59 Å². The number of fused-ring (bicyclic) bond motifs is 1. The number of carbonyl (C=O) groups is 2. The van der Waals surface area contributed by atoms with Crippen molar-refractivity contribution in [2.75, 3.05) is 13.2 Å². The number of rotatable bonds is 4. The fourth-order valence-electron chi connectivity index (χ4n) is 4.38. The standard InChI is InChI=1S/C23H22N2O5/c1-13-8-9-18(30-13)20-19(21(26)16-11-24-17-7-3-2-6-15(16)17)22(27)23(28)25(20)12-14-5-4-10-29-14/h2-3,6-9,11,14,20,24,26H,4-5,10,12H2,1H3/b21-19-. The van der Waals surface area contributed by atoms with Crippen molar-refractivity contribution >= 4 is 28.4 Å². The Bertz CT molecular complexity index is 1170. The normalized spacial score (nSPS) is 23.7. The Kier molecular flexibility index (Phi) is 4.47. The Balaban J connectivity index is 1.65. The third-order valence-corrected chi connectivity index (χ3v) is 5.84. The van der Waals surface area contributed by atoms with Gasteiger partial charge >= 0.3 is 0 Å². The number of furan rings is 1. The third kappa shape index (κ3) is 2.93. The number of Topliss-reactive ketones (excluding diaryl/α,β-unsaturated/α-hetero) is 1. The van der Waals surface area contributed by atoms with Gasteiger partial charge < -0.3 is 24.1 Å². The van der Waals surface area contributed by atoms with Gasteiger partial charge in [0.05, 0.1) is 11.7 Å². The highest BCUT2D eigenvalue weighted by atomic mass is 16.5. The number of para-hydroxylation sites is 1. The molecule has 0 radical (unpaired) electrons. The van der Waals surface area contributed by atoms with E-state index in [9.17, 15) is 14.7 Å². The molecule has 4 heterocycles. The molecule has 2 unspecified atom stereocenters. The number of aliphatic hydroxyl groups is 1. The Hall–Kier alpha value is -3.32. The molecule has 30 heavy (non-hydrogen) atoms. The summed E-state index contributed by atoms with van der Waals surface area (Å²) in [5, 5.41) is 12.0. The minimum atomic E-state index is -0.795. The second kappa shape index (κ2) is 7.18. The molecule has 0 spiro atoms. The van der Waals surface area contributed by atoms with E-state index in [2.05, 4.69) is 4.98 Å². The lowest BCUT2D eigenvalue weighted by Crippen LogP contribution is -2.36. The van der Waals surface area contributed by atoms with Crippen molar-refractivity contribution in [3.05, 3.63) is 65.3 Å². The zero-order valence-electron chi connectivity index (χ0n) is 16.6. The van der Waals surface area contributed by atoms with E-state index >= 15 is 0 Å². The van der Waals surface area contributed by atoms with Crippen LogP contribution in [-0.4, -0.2) is 45.9 Å². The minimum absolute atomic E-state index is 0.0390. The fourth-order valence-corrected chi connectivity index (χ4v) is 4.38. The molecule has 1 amide bonds. The van der Waals surface area contributed by atoms with Crippen LogP contribution in [0.4, 0.5) is 0 Å². The molecule has 7 heteroatoms. The average Bonchev–Trinajstić information content (AvgIpc) is 3.52. The van der Waals surface area contributed by atoms with E-state index in [1.165, 1.54) is 4.90 Å². The predicted molar refractivity (Wildman–Crippen MR) is 110 cm³/mol. The number of likely N-dealkylation sites (tertiary alicyclic amines) is 1. The van der Waals surface area contributed by atoms with Crippen LogP contribution in [0.3, 0.4) is 0 Å². The van der Waals surface area contributed by atoms with Crippen LogP contribution in [0, 0.1) is 6.92 Å². The lowest BCUT2D eigenvalue weighted by molar-refractivity contribution is -0.141. The summed E-state index contributed by atoms with van der Waals surface area (Å²) in [5.41, 5.74) is 1.35. The van der Waals surface area contributed by atoms with E-state index in [-0.39, 0.29) is 24.0 Å². The molecule has 2 saturated heterocycles. The molecule has 2 aromatic heterocycles. The van der Waals surface area contributed by atoms with Crippen molar-refractivity contribution in [1.29, 1.82) is 0 Å². The summed E-state index contributed by atoms with van der Waals surface area (Å²) >= 11 is 0. The van der Waals surface area contributed by atoms with Gasteiger partial charge in [0, 0.05) is 35.8 Å². The number of benzene rings is 1. The minimum Gasteiger partial charge on any atom is -0.507 e. The molecule has 5 rings (SSSR count). The first kappa shape index (κ1) is 18.7. The summed E-state index contributed by atoms with van der Waals surface area (Å²) in [6.07, 6.45) is 3.27. The number of amides is 1. The first-order valence-electron chi connectivity index (χ1n) is 10.1. The summed E-state index contributed by atoms with van der Waals surface area (Å²) in [6, 6.07) is 10.2. The van der Waals surface area contributed by atoms with Crippen LogP contribution in [0.15, 0.2) is 52.6 Å². The molecule has 0 aliphatic carbocycles. The topological polar surface area (TPSA) is 95.8 Å². The summed E-state index contributed by atoms with van der Waals surface area (Å²) in [6.45, 7) is 2.73. The lowest BCUT2D eigenvalue weighted by Gasteiger charge is -2.25. The summed E-state index contributed by atoms with van der Waals surface area (Å²) in [7, 11) is 0. The SMILES string of the molecule is Cc1ccc(C2/C(=C(/O)c3c[nH]c4ccccc34)C(=O)C(=O)N2CC2CCCO2)o1. The van der Waals surface area contributed by atoms with Crippen LogP contribution in [0.5, 0.6) is 0 Å². The first-order valence-corrected chi connectivity index (χ1v) is 10.1. The molecule has 0 bridgehead atoms. The molecule has 154 valence electrons.